The van der Waals surface area contributed by atoms with Crippen molar-refractivity contribution < 1.29 is 19.2 Å². The Hall–Kier alpha value is -3.09. The Labute approximate surface area is 133 Å². The van der Waals surface area contributed by atoms with Gasteiger partial charge in [-0.3, -0.25) is 14.9 Å². The number of anilines is 1. The largest absolute Gasteiger partial charge is 0.493 e. The maximum Gasteiger partial charge on any atom is 0.269 e. The van der Waals surface area contributed by atoms with Gasteiger partial charge in [-0.05, 0) is 36.8 Å². The molecule has 1 amide bonds. The third-order valence-electron chi connectivity index (χ3n) is 3.31. The number of methoxy groups -OCH3 is 2. The SMILES string of the molecule is COc1ccc(C(=O)Nc2ccc([N+](=O)[O-])cc2C)cc1OC. The lowest BCUT2D eigenvalue weighted by atomic mass is 10.1. The van der Waals surface area contributed by atoms with E-state index in [1.165, 1.54) is 32.4 Å². The lowest BCUT2D eigenvalue weighted by Crippen LogP contribution is -2.13. The summed E-state index contributed by atoms with van der Waals surface area (Å²) >= 11 is 0. The number of amides is 1. The molecular formula is C16H16N2O5. The maximum absolute atomic E-state index is 12.3. The number of nitrogens with zero attached hydrogens (tertiary/aromatic N) is 1. The number of ether oxygens (including phenoxy) is 2. The summed E-state index contributed by atoms with van der Waals surface area (Å²) in [5.74, 6) is 0.624. The van der Waals surface area contributed by atoms with Crippen LogP contribution in [0.15, 0.2) is 36.4 Å². The Morgan fingerprint density at radius 3 is 2.35 bits per heavy atom. The van der Waals surface area contributed by atoms with Crippen molar-refractivity contribution in [3.8, 4) is 11.5 Å². The molecule has 0 aliphatic rings. The van der Waals surface area contributed by atoms with E-state index >= 15 is 0 Å². The molecule has 7 nitrogen and oxygen atoms in total. The van der Waals surface area contributed by atoms with E-state index in [9.17, 15) is 14.9 Å². The Morgan fingerprint density at radius 2 is 1.78 bits per heavy atom. The van der Waals surface area contributed by atoms with Gasteiger partial charge in [0, 0.05) is 23.4 Å². The normalized spacial score (nSPS) is 10.0. The van der Waals surface area contributed by atoms with Crippen LogP contribution in [0.25, 0.3) is 0 Å². The van der Waals surface area contributed by atoms with Crippen molar-refractivity contribution in [2.75, 3.05) is 19.5 Å². The van der Waals surface area contributed by atoms with E-state index in [4.69, 9.17) is 9.47 Å². The van der Waals surface area contributed by atoms with Gasteiger partial charge in [0.05, 0.1) is 19.1 Å². The van der Waals surface area contributed by atoms with Gasteiger partial charge in [0.25, 0.3) is 11.6 Å². The number of rotatable bonds is 5. The molecule has 7 heteroatoms. The first-order valence-electron chi connectivity index (χ1n) is 6.74. The number of aryl methyl sites for hydroxylation is 1. The van der Waals surface area contributed by atoms with Gasteiger partial charge in [-0.15, -0.1) is 0 Å². The zero-order chi connectivity index (χ0) is 17.0. The second kappa shape index (κ2) is 6.78. The molecule has 0 radical (unpaired) electrons. The van der Waals surface area contributed by atoms with Gasteiger partial charge in [-0.25, -0.2) is 0 Å². The first-order valence-corrected chi connectivity index (χ1v) is 6.74. The van der Waals surface area contributed by atoms with Crippen LogP contribution in [0.3, 0.4) is 0 Å². The highest BCUT2D eigenvalue weighted by Gasteiger charge is 2.13. The van der Waals surface area contributed by atoms with Gasteiger partial charge >= 0.3 is 0 Å². The van der Waals surface area contributed by atoms with E-state index in [1.807, 2.05) is 0 Å². The van der Waals surface area contributed by atoms with Gasteiger partial charge in [0.15, 0.2) is 11.5 Å². The average Bonchev–Trinajstić information content (AvgIpc) is 2.55. The fourth-order valence-corrected chi connectivity index (χ4v) is 2.07. The molecule has 0 spiro atoms. The van der Waals surface area contributed by atoms with Crippen LogP contribution < -0.4 is 14.8 Å². The molecule has 0 saturated heterocycles. The minimum atomic E-state index is -0.479. The number of carbonyl (C=O) groups excluding carboxylic acids is 1. The van der Waals surface area contributed by atoms with E-state index in [2.05, 4.69) is 5.32 Å². The Bertz CT molecular complexity index is 758. The van der Waals surface area contributed by atoms with Crippen LogP contribution in [-0.2, 0) is 0 Å². The summed E-state index contributed by atoms with van der Waals surface area (Å²) in [6, 6.07) is 9.07. The zero-order valence-corrected chi connectivity index (χ0v) is 13.0. The van der Waals surface area contributed by atoms with Crippen molar-refractivity contribution in [3.05, 3.63) is 57.6 Å². The fourth-order valence-electron chi connectivity index (χ4n) is 2.07. The first-order chi connectivity index (χ1) is 11.0. The van der Waals surface area contributed by atoms with Gasteiger partial charge in [0.2, 0.25) is 0 Å². The molecule has 120 valence electrons. The molecule has 0 atom stereocenters. The van der Waals surface area contributed by atoms with Crippen LogP contribution in [0.1, 0.15) is 15.9 Å². The second-order valence-electron chi connectivity index (χ2n) is 4.78. The molecule has 0 fully saturated rings. The van der Waals surface area contributed by atoms with E-state index < -0.39 is 4.92 Å². The molecule has 0 aromatic heterocycles. The van der Waals surface area contributed by atoms with Gasteiger partial charge < -0.3 is 14.8 Å². The lowest BCUT2D eigenvalue weighted by Gasteiger charge is -2.11. The maximum atomic E-state index is 12.3. The van der Waals surface area contributed by atoms with Crippen molar-refractivity contribution in [2.24, 2.45) is 0 Å². The summed E-state index contributed by atoms with van der Waals surface area (Å²) in [5, 5.41) is 13.5. The smallest absolute Gasteiger partial charge is 0.269 e. The van der Waals surface area contributed by atoms with Crippen molar-refractivity contribution in [1.29, 1.82) is 0 Å². The second-order valence-corrected chi connectivity index (χ2v) is 4.78. The molecule has 0 heterocycles. The minimum Gasteiger partial charge on any atom is -0.493 e. The van der Waals surface area contributed by atoms with Crippen LogP contribution in [0, 0.1) is 17.0 Å². The summed E-state index contributed by atoms with van der Waals surface area (Å²) in [7, 11) is 3.00. The van der Waals surface area contributed by atoms with Crippen molar-refractivity contribution in [2.45, 2.75) is 6.92 Å². The molecule has 1 N–H and O–H groups in total. The molecule has 23 heavy (non-hydrogen) atoms. The van der Waals surface area contributed by atoms with Gasteiger partial charge in [0.1, 0.15) is 0 Å². The summed E-state index contributed by atoms with van der Waals surface area (Å²) in [6.45, 7) is 1.69. The monoisotopic (exact) mass is 316 g/mol. The molecule has 0 aliphatic carbocycles. The highest BCUT2D eigenvalue weighted by molar-refractivity contribution is 6.05. The van der Waals surface area contributed by atoms with E-state index in [-0.39, 0.29) is 11.6 Å². The van der Waals surface area contributed by atoms with E-state index in [0.717, 1.165) is 0 Å². The van der Waals surface area contributed by atoms with Crippen molar-refractivity contribution in [3.63, 3.8) is 0 Å². The first kappa shape index (κ1) is 16.3. The Kier molecular flexibility index (Phi) is 4.80. The predicted octanol–water partition coefficient (Wildman–Crippen LogP) is 3.17. The fraction of sp³-hybridized carbons (Fsp3) is 0.188. The average molecular weight is 316 g/mol. The third-order valence-corrected chi connectivity index (χ3v) is 3.31. The van der Waals surface area contributed by atoms with Crippen LogP contribution in [0.4, 0.5) is 11.4 Å². The number of carbonyl (C=O) groups is 1. The molecule has 2 aromatic rings. The zero-order valence-electron chi connectivity index (χ0n) is 13.0. The van der Waals surface area contributed by atoms with Crippen LogP contribution in [0.2, 0.25) is 0 Å². The number of benzene rings is 2. The van der Waals surface area contributed by atoms with Crippen LogP contribution >= 0.6 is 0 Å². The topological polar surface area (TPSA) is 90.7 Å². The van der Waals surface area contributed by atoms with E-state index in [1.54, 1.807) is 25.1 Å². The van der Waals surface area contributed by atoms with Gasteiger partial charge in [-0.1, -0.05) is 0 Å². The minimum absolute atomic E-state index is 0.0217. The molecular weight excluding hydrogens is 300 g/mol. The Balaban J connectivity index is 2.24. The number of nitrogens with one attached hydrogen (secondary N) is 1. The van der Waals surface area contributed by atoms with E-state index in [0.29, 0.717) is 28.3 Å². The van der Waals surface area contributed by atoms with Crippen LogP contribution in [0.5, 0.6) is 11.5 Å². The summed E-state index contributed by atoms with van der Waals surface area (Å²) in [4.78, 5) is 22.6. The molecule has 2 aromatic carbocycles. The molecule has 0 saturated carbocycles. The lowest BCUT2D eigenvalue weighted by molar-refractivity contribution is -0.384. The van der Waals surface area contributed by atoms with Crippen LogP contribution in [-0.4, -0.2) is 25.1 Å². The van der Waals surface area contributed by atoms with Crippen molar-refractivity contribution in [1.82, 2.24) is 0 Å². The number of hydrogen-bond acceptors (Lipinski definition) is 5. The molecule has 2 rings (SSSR count). The summed E-state index contributed by atoms with van der Waals surface area (Å²) in [6.07, 6.45) is 0. The summed E-state index contributed by atoms with van der Waals surface area (Å²) < 4.78 is 10.3. The predicted molar refractivity (Wildman–Crippen MR) is 85.3 cm³/mol. The molecule has 0 bridgehead atoms. The Morgan fingerprint density at radius 1 is 1.09 bits per heavy atom. The highest BCUT2D eigenvalue weighted by Crippen LogP contribution is 2.28. The number of nitro benzene ring substituents is 1. The summed E-state index contributed by atoms with van der Waals surface area (Å²) in [5.41, 5.74) is 1.48. The quantitative estimate of drug-likeness (QED) is 0.676. The standard InChI is InChI=1S/C16H16N2O5/c1-10-8-12(18(20)21)5-6-13(10)17-16(19)11-4-7-14(22-2)15(9-11)23-3/h4-9H,1-3H3,(H,17,19). The number of nitro groups is 1. The molecule has 0 unspecified atom stereocenters. The van der Waals surface area contributed by atoms with Gasteiger partial charge in [-0.2, -0.15) is 0 Å². The number of non-ortho nitro benzene ring substituents is 1. The molecule has 0 aliphatic heterocycles. The van der Waals surface area contributed by atoms with Crippen molar-refractivity contribution >= 4 is 17.3 Å². The highest BCUT2D eigenvalue weighted by atomic mass is 16.6. The third kappa shape index (κ3) is 3.57. The number of hydrogen-bond donors (Lipinski definition) is 1.